The van der Waals surface area contributed by atoms with Crippen LogP contribution in [0.15, 0.2) is 0 Å². The molecule has 2 unspecified atom stereocenters. The SMILES string of the molecule is CSC(C)C(=O)N1CCCCC1CNC(=O)CCN.Cl. The topological polar surface area (TPSA) is 75.4 Å². The van der Waals surface area contributed by atoms with Gasteiger partial charge in [0.25, 0.3) is 0 Å². The number of hydrogen-bond donors (Lipinski definition) is 2. The van der Waals surface area contributed by atoms with Crippen molar-refractivity contribution in [3.63, 3.8) is 0 Å². The average molecular weight is 324 g/mol. The van der Waals surface area contributed by atoms with Gasteiger partial charge in [-0.2, -0.15) is 11.8 Å². The number of hydrogen-bond acceptors (Lipinski definition) is 4. The lowest BCUT2D eigenvalue weighted by atomic mass is 10.0. The zero-order valence-electron chi connectivity index (χ0n) is 12.3. The molecule has 5 nitrogen and oxygen atoms in total. The van der Waals surface area contributed by atoms with Gasteiger partial charge in [-0.15, -0.1) is 12.4 Å². The molecular formula is C13H26ClN3O2S. The zero-order chi connectivity index (χ0) is 14.3. The van der Waals surface area contributed by atoms with Gasteiger partial charge in [-0.05, 0) is 32.4 Å². The second-order valence-electron chi connectivity index (χ2n) is 4.90. The zero-order valence-corrected chi connectivity index (χ0v) is 13.9. The first-order valence-electron chi connectivity index (χ1n) is 6.90. The quantitative estimate of drug-likeness (QED) is 0.765. The van der Waals surface area contributed by atoms with E-state index in [9.17, 15) is 9.59 Å². The minimum atomic E-state index is -0.0293. The molecule has 0 aromatic heterocycles. The smallest absolute Gasteiger partial charge is 0.235 e. The van der Waals surface area contributed by atoms with Crippen LogP contribution in [0.4, 0.5) is 0 Å². The summed E-state index contributed by atoms with van der Waals surface area (Å²) in [5.74, 6) is 0.156. The van der Waals surface area contributed by atoms with Gasteiger partial charge in [0.05, 0.1) is 5.25 Å². The molecule has 0 radical (unpaired) electrons. The van der Waals surface area contributed by atoms with Crippen LogP contribution in [0.3, 0.4) is 0 Å². The van der Waals surface area contributed by atoms with Crippen LogP contribution in [-0.2, 0) is 9.59 Å². The predicted octanol–water partition coefficient (Wildman–Crippen LogP) is 1.01. The molecule has 2 atom stereocenters. The summed E-state index contributed by atoms with van der Waals surface area (Å²) in [5.41, 5.74) is 5.34. The van der Waals surface area contributed by atoms with E-state index in [2.05, 4.69) is 5.32 Å². The standard InChI is InChI=1S/C13H25N3O2S.ClH/c1-10(19-2)13(18)16-8-4-3-5-11(16)9-15-12(17)6-7-14;/h10-11H,3-9,14H2,1-2H3,(H,15,17);1H. The van der Waals surface area contributed by atoms with Crippen molar-refractivity contribution in [2.45, 2.75) is 43.9 Å². The number of piperidine rings is 1. The Bertz CT molecular complexity index is 318. The van der Waals surface area contributed by atoms with E-state index < -0.39 is 0 Å². The van der Waals surface area contributed by atoms with Gasteiger partial charge in [-0.1, -0.05) is 0 Å². The molecule has 0 spiro atoms. The van der Waals surface area contributed by atoms with Gasteiger partial charge in [-0.25, -0.2) is 0 Å². The lowest BCUT2D eigenvalue weighted by Gasteiger charge is -2.37. The second-order valence-corrected chi connectivity index (χ2v) is 6.08. The maximum Gasteiger partial charge on any atom is 0.235 e. The van der Waals surface area contributed by atoms with Crippen molar-refractivity contribution in [1.29, 1.82) is 0 Å². The second kappa shape index (κ2) is 10.3. The number of nitrogens with one attached hydrogen (secondary N) is 1. The Balaban J connectivity index is 0.00000361. The monoisotopic (exact) mass is 323 g/mol. The minimum Gasteiger partial charge on any atom is -0.354 e. The summed E-state index contributed by atoms with van der Waals surface area (Å²) in [5, 5.41) is 2.86. The van der Waals surface area contributed by atoms with Crippen LogP contribution in [0.5, 0.6) is 0 Å². The molecule has 0 saturated carbocycles. The Kier molecular flexibility index (Phi) is 10.1. The van der Waals surface area contributed by atoms with Crippen LogP contribution in [0.1, 0.15) is 32.6 Å². The van der Waals surface area contributed by atoms with Gasteiger partial charge in [0.1, 0.15) is 0 Å². The largest absolute Gasteiger partial charge is 0.354 e. The molecule has 7 heteroatoms. The molecule has 3 N–H and O–H groups in total. The number of carbonyl (C=O) groups is 2. The van der Waals surface area contributed by atoms with E-state index in [1.54, 1.807) is 11.8 Å². The van der Waals surface area contributed by atoms with Gasteiger partial charge in [0, 0.05) is 32.1 Å². The summed E-state index contributed by atoms with van der Waals surface area (Å²) in [6.45, 7) is 3.65. The number of nitrogens with two attached hydrogens (primary N) is 1. The Hall–Kier alpha value is -0.460. The highest BCUT2D eigenvalue weighted by molar-refractivity contribution is 7.99. The summed E-state index contributed by atoms with van der Waals surface area (Å²) in [4.78, 5) is 25.7. The molecular weight excluding hydrogens is 298 g/mol. The molecule has 1 fully saturated rings. The van der Waals surface area contributed by atoms with Crippen molar-refractivity contribution in [1.82, 2.24) is 10.2 Å². The third-order valence-electron chi connectivity index (χ3n) is 3.52. The molecule has 1 aliphatic heterocycles. The fraction of sp³-hybridized carbons (Fsp3) is 0.846. The lowest BCUT2D eigenvalue weighted by Crippen LogP contribution is -2.51. The Morgan fingerprint density at radius 1 is 1.45 bits per heavy atom. The average Bonchev–Trinajstić information content (AvgIpc) is 2.44. The van der Waals surface area contributed by atoms with Gasteiger partial charge in [-0.3, -0.25) is 9.59 Å². The number of halogens is 1. The van der Waals surface area contributed by atoms with Crippen LogP contribution >= 0.6 is 24.2 Å². The van der Waals surface area contributed by atoms with Crippen molar-refractivity contribution in [2.24, 2.45) is 5.73 Å². The van der Waals surface area contributed by atoms with Gasteiger partial charge >= 0.3 is 0 Å². The molecule has 1 aliphatic rings. The molecule has 118 valence electrons. The maximum absolute atomic E-state index is 12.3. The van der Waals surface area contributed by atoms with Gasteiger partial charge < -0.3 is 16.0 Å². The summed E-state index contributed by atoms with van der Waals surface area (Å²) < 4.78 is 0. The van der Waals surface area contributed by atoms with Crippen LogP contribution in [0.25, 0.3) is 0 Å². The highest BCUT2D eigenvalue weighted by Gasteiger charge is 2.29. The van der Waals surface area contributed by atoms with E-state index in [4.69, 9.17) is 5.73 Å². The molecule has 0 bridgehead atoms. The Labute approximate surface area is 131 Å². The van der Waals surface area contributed by atoms with E-state index in [1.807, 2.05) is 18.1 Å². The van der Waals surface area contributed by atoms with Gasteiger partial charge in [0.15, 0.2) is 0 Å². The van der Waals surface area contributed by atoms with E-state index in [0.29, 0.717) is 19.5 Å². The molecule has 1 saturated heterocycles. The van der Waals surface area contributed by atoms with Crippen LogP contribution in [-0.4, -0.2) is 53.9 Å². The van der Waals surface area contributed by atoms with Crippen molar-refractivity contribution in [3.8, 4) is 0 Å². The molecule has 1 rings (SSSR count). The van der Waals surface area contributed by atoms with E-state index >= 15 is 0 Å². The normalized spacial score (nSPS) is 19.9. The van der Waals surface area contributed by atoms with Crippen molar-refractivity contribution in [3.05, 3.63) is 0 Å². The summed E-state index contributed by atoms with van der Waals surface area (Å²) >= 11 is 1.57. The number of amides is 2. The predicted molar refractivity (Wildman–Crippen MR) is 86.3 cm³/mol. The lowest BCUT2D eigenvalue weighted by molar-refractivity contribution is -0.134. The third kappa shape index (κ3) is 5.89. The molecule has 0 aromatic carbocycles. The Morgan fingerprint density at radius 2 is 2.15 bits per heavy atom. The maximum atomic E-state index is 12.3. The molecule has 1 heterocycles. The summed E-state index contributed by atoms with van der Waals surface area (Å²) in [6, 6.07) is 0.137. The first-order chi connectivity index (χ1) is 9.10. The highest BCUT2D eigenvalue weighted by Crippen LogP contribution is 2.20. The van der Waals surface area contributed by atoms with Gasteiger partial charge in [0.2, 0.25) is 11.8 Å². The summed E-state index contributed by atoms with van der Waals surface area (Å²) in [6.07, 6.45) is 5.44. The highest BCUT2D eigenvalue weighted by atomic mass is 35.5. The molecule has 2 amide bonds. The molecule has 20 heavy (non-hydrogen) atoms. The third-order valence-corrected chi connectivity index (χ3v) is 4.43. The molecule has 0 aliphatic carbocycles. The van der Waals surface area contributed by atoms with E-state index in [0.717, 1.165) is 25.8 Å². The fourth-order valence-electron chi connectivity index (χ4n) is 2.29. The first kappa shape index (κ1) is 19.5. The van der Waals surface area contributed by atoms with E-state index in [-0.39, 0.29) is 35.5 Å². The van der Waals surface area contributed by atoms with Crippen molar-refractivity contribution >= 4 is 36.0 Å². The number of rotatable bonds is 6. The fourth-order valence-corrected chi connectivity index (χ4v) is 2.63. The Morgan fingerprint density at radius 3 is 2.75 bits per heavy atom. The van der Waals surface area contributed by atoms with Crippen LogP contribution < -0.4 is 11.1 Å². The van der Waals surface area contributed by atoms with E-state index in [1.165, 1.54) is 0 Å². The summed E-state index contributed by atoms with van der Waals surface area (Å²) in [7, 11) is 0. The van der Waals surface area contributed by atoms with Crippen molar-refractivity contribution < 1.29 is 9.59 Å². The number of carbonyl (C=O) groups excluding carboxylic acids is 2. The van der Waals surface area contributed by atoms with Crippen LogP contribution in [0.2, 0.25) is 0 Å². The first-order valence-corrected chi connectivity index (χ1v) is 8.19. The number of nitrogens with zero attached hydrogens (tertiary/aromatic N) is 1. The minimum absolute atomic E-state index is 0. The van der Waals surface area contributed by atoms with Crippen molar-refractivity contribution in [2.75, 3.05) is 25.9 Å². The number of likely N-dealkylation sites (tertiary alicyclic amines) is 1. The number of thioether (sulfide) groups is 1. The molecule has 0 aromatic rings. The van der Waals surface area contributed by atoms with Crippen LogP contribution in [0, 0.1) is 0 Å².